The number of hydrogen-bond acceptors (Lipinski definition) is 2. The van der Waals surface area contributed by atoms with E-state index in [4.69, 9.17) is 11.6 Å². The minimum Gasteiger partial charge on any atom is -0.324 e. The largest absolute Gasteiger partial charge is 0.324 e. The van der Waals surface area contributed by atoms with Gasteiger partial charge < -0.3 is 5.32 Å². The van der Waals surface area contributed by atoms with Crippen LogP contribution in [0.25, 0.3) is 0 Å². The summed E-state index contributed by atoms with van der Waals surface area (Å²) in [6.07, 6.45) is 0. The van der Waals surface area contributed by atoms with Crippen molar-refractivity contribution >= 4 is 35.0 Å². The molecular weight excluding hydrogens is 302 g/mol. The van der Waals surface area contributed by atoms with Gasteiger partial charge in [0.25, 0.3) is 0 Å². The van der Waals surface area contributed by atoms with E-state index in [0.717, 1.165) is 16.0 Å². The van der Waals surface area contributed by atoms with E-state index < -0.39 is 0 Å². The van der Waals surface area contributed by atoms with Gasteiger partial charge in [0.05, 0.1) is 16.5 Å². The number of benzene rings is 2. The van der Waals surface area contributed by atoms with Gasteiger partial charge in [0.15, 0.2) is 0 Å². The number of carbonyl (C=O) groups excluding carboxylic acids is 1. The fraction of sp³-hybridized carbons (Fsp3) is 0.235. The molecule has 4 heteroatoms. The monoisotopic (exact) mass is 319 g/mol. The van der Waals surface area contributed by atoms with E-state index in [1.165, 1.54) is 17.3 Å². The van der Waals surface area contributed by atoms with Crippen molar-refractivity contribution in [2.24, 2.45) is 0 Å². The fourth-order valence-electron chi connectivity index (χ4n) is 2.03. The van der Waals surface area contributed by atoms with Gasteiger partial charge in [-0.15, -0.1) is 11.8 Å². The Morgan fingerprint density at radius 1 is 1.10 bits per heavy atom. The predicted octanol–water partition coefficient (Wildman–Crippen LogP) is 5.00. The molecule has 0 unspecified atom stereocenters. The Hall–Kier alpha value is -1.45. The third-order valence-corrected chi connectivity index (χ3v) is 4.40. The molecule has 1 N–H and O–H groups in total. The zero-order chi connectivity index (χ0) is 15.4. The summed E-state index contributed by atoms with van der Waals surface area (Å²) in [6.45, 7) is 5.97. The number of aryl methyl sites for hydroxylation is 3. The maximum atomic E-state index is 12.1. The van der Waals surface area contributed by atoms with Gasteiger partial charge in [-0.1, -0.05) is 35.4 Å². The predicted molar refractivity (Wildman–Crippen MR) is 91.5 cm³/mol. The second-order valence-corrected chi connectivity index (χ2v) is 6.54. The average Bonchev–Trinajstić information content (AvgIpc) is 2.42. The molecule has 0 atom stereocenters. The summed E-state index contributed by atoms with van der Waals surface area (Å²) in [5, 5.41) is 3.48. The van der Waals surface area contributed by atoms with Crippen molar-refractivity contribution in [3.63, 3.8) is 0 Å². The molecule has 0 fully saturated rings. The van der Waals surface area contributed by atoms with Gasteiger partial charge in [0.2, 0.25) is 5.91 Å². The SMILES string of the molecule is Cc1ccc(SCC(=O)Nc2c(C)cc(C)cc2Cl)cc1. The summed E-state index contributed by atoms with van der Waals surface area (Å²) < 4.78 is 0. The lowest BCUT2D eigenvalue weighted by atomic mass is 10.1. The van der Waals surface area contributed by atoms with Crippen LogP contribution in [-0.2, 0) is 4.79 Å². The molecule has 2 aromatic carbocycles. The van der Waals surface area contributed by atoms with Gasteiger partial charge in [-0.05, 0) is 50.1 Å². The van der Waals surface area contributed by atoms with Crippen LogP contribution in [-0.4, -0.2) is 11.7 Å². The highest BCUT2D eigenvalue weighted by atomic mass is 35.5. The number of carbonyl (C=O) groups is 1. The molecule has 0 saturated heterocycles. The molecule has 2 aromatic rings. The normalized spacial score (nSPS) is 10.5. The topological polar surface area (TPSA) is 29.1 Å². The van der Waals surface area contributed by atoms with E-state index in [0.29, 0.717) is 16.5 Å². The highest BCUT2D eigenvalue weighted by molar-refractivity contribution is 8.00. The zero-order valence-electron chi connectivity index (χ0n) is 12.4. The Kier molecular flexibility index (Phi) is 5.32. The van der Waals surface area contributed by atoms with Crippen LogP contribution in [0.1, 0.15) is 16.7 Å². The molecule has 0 spiro atoms. The summed E-state index contributed by atoms with van der Waals surface area (Å²) in [7, 11) is 0. The summed E-state index contributed by atoms with van der Waals surface area (Å²) in [5.41, 5.74) is 3.99. The Labute approximate surface area is 134 Å². The van der Waals surface area contributed by atoms with Crippen molar-refractivity contribution in [3.05, 3.63) is 58.1 Å². The highest BCUT2D eigenvalue weighted by Crippen LogP contribution is 2.27. The van der Waals surface area contributed by atoms with Crippen molar-refractivity contribution in [2.75, 3.05) is 11.1 Å². The van der Waals surface area contributed by atoms with Crippen molar-refractivity contribution in [1.82, 2.24) is 0 Å². The van der Waals surface area contributed by atoms with E-state index in [2.05, 4.69) is 5.32 Å². The molecule has 21 heavy (non-hydrogen) atoms. The third kappa shape index (κ3) is 4.51. The molecule has 0 aromatic heterocycles. The van der Waals surface area contributed by atoms with Crippen molar-refractivity contribution in [1.29, 1.82) is 0 Å². The van der Waals surface area contributed by atoms with Gasteiger partial charge in [0, 0.05) is 4.90 Å². The number of nitrogens with one attached hydrogen (secondary N) is 1. The number of anilines is 1. The van der Waals surface area contributed by atoms with Gasteiger partial charge in [-0.2, -0.15) is 0 Å². The Morgan fingerprint density at radius 3 is 2.38 bits per heavy atom. The van der Waals surface area contributed by atoms with Crippen LogP contribution in [0.15, 0.2) is 41.3 Å². The number of hydrogen-bond donors (Lipinski definition) is 1. The van der Waals surface area contributed by atoms with E-state index in [1.54, 1.807) is 0 Å². The maximum absolute atomic E-state index is 12.1. The van der Waals surface area contributed by atoms with E-state index in [1.807, 2.05) is 57.2 Å². The van der Waals surface area contributed by atoms with E-state index >= 15 is 0 Å². The first-order valence-electron chi connectivity index (χ1n) is 6.72. The standard InChI is InChI=1S/C17H18ClNOS/c1-11-4-6-14(7-5-11)21-10-16(20)19-17-13(3)8-12(2)9-15(17)18/h4-9H,10H2,1-3H3,(H,19,20). The molecule has 0 bridgehead atoms. The quantitative estimate of drug-likeness (QED) is 0.804. The van der Waals surface area contributed by atoms with Crippen molar-refractivity contribution in [3.8, 4) is 0 Å². The second-order valence-electron chi connectivity index (χ2n) is 5.09. The molecule has 2 rings (SSSR count). The molecule has 2 nitrogen and oxygen atoms in total. The third-order valence-electron chi connectivity index (χ3n) is 3.09. The van der Waals surface area contributed by atoms with Crippen LogP contribution in [0.5, 0.6) is 0 Å². The van der Waals surface area contributed by atoms with E-state index in [-0.39, 0.29) is 5.91 Å². The molecule has 110 valence electrons. The molecule has 0 saturated carbocycles. The minimum absolute atomic E-state index is 0.0468. The zero-order valence-corrected chi connectivity index (χ0v) is 13.9. The summed E-state index contributed by atoms with van der Waals surface area (Å²) in [5.74, 6) is 0.321. The Bertz CT molecular complexity index is 629. The number of halogens is 1. The lowest BCUT2D eigenvalue weighted by Crippen LogP contribution is -2.15. The highest BCUT2D eigenvalue weighted by Gasteiger charge is 2.10. The summed E-state index contributed by atoms with van der Waals surface area (Å²) in [4.78, 5) is 13.1. The van der Waals surface area contributed by atoms with Crippen LogP contribution >= 0.6 is 23.4 Å². The van der Waals surface area contributed by atoms with Gasteiger partial charge in [-0.25, -0.2) is 0 Å². The van der Waals surface area contributed by atoms with Crippen LogP contribution in [0.3, 0.4) is 0 Å². The smallest absolute Gasteiger partial charge is 0.234 e. The van der Waals surface area contributed by atoms with Crippen LogP contribution < -0.4 is 5.32 Å². The Morgan fingerprint density at radius 2 is 1.76 bits per heavy atom. The molecule has 0 radical (unpaired) electrons. The molecule has 0 aliphatic carbocycles. The first-order valence-corrected chi connectivity index (χ1v) is 8.08. The Balaban J connectivity index is 1.97. The number of amides is 1. The minimum atomic E-state index is -0.0468. The van der Waals surface area contributed by atoms with Gasteiger partial charge >= 0.3 is 0 Å². The first kappa shape index (κ1) is 15.9. The van der Waals surface area contributed by atoms with Gasteiger partial charge in [0.1, 0.15) is 0 Å². The summed E-state index contributed by atoms with van der Waals surface area (Å²) in [6, 6.07) is 12.0. The first-order chi connectivity index (χ1) is 9.95. The van der Waals surface area contributed by atoms with E-state index in [9.17, 15) is 4.79 Å². The van der Waals surface area contributed by atoms with Crippen molar-refractivity contribution in [2.45, 2.75) is 25.7 Å². The van der Waals surface area contributed by atoms with Crippen LogP contribution in [0, 0.1) is 20.8 Å². The molecular formula is C17H18ClNOS. The van der Waals surface area contributed by atoms with Crippen molar-refractivity contribution < 1.29 is 4.79 Å². The molecule has 0 heterocycles. The fourth-order valence-corrected chi connectivity index (χ4v) is 3.10. The maximum Gasteiger partial charge on any atom is 0.234 e. The second kappa shape index (κ2) is 7.01. The number of rotatable bonds is 4. The lowest BCUT2D eigenvalue weighted by molar-refractivity contribution is -0.113. The molecule has 0 aliphatic heterocycles. The molecule has 0 aliphatic rings. The van der Waals surface area contributed by atoms with Crippen LogP contribution in [0.2, 0.25) is 5.02 Å². The lowest BCUT2D eigenvalue weighted by Gasteiger charge is -2.11. The summed E-state index contributed by atoms with van der Waals surface area (Å²) >= 11 is 7.71. The van der Waals surface area contributed by atoms with Crippen LogP contribution in [0.4, 0.5) is 5.69 Å². The molecule has 1 amide bonds. The van der Waals surface area contributed by atoms with Gasteiger partial charge in [-0.3, -0.25) is 4.79 Å². The average molecular weight is 320 g/mol. The number of thioether (sulfide) groups is 1.